The Hall–Kier alpha value is -3.33. The van der Waals surface area contributed by atoms with Crippen LogP contribution in [0.4, 0.5) is 5.69 Å². The lowest BCUT2D eigenvalue weighted by atomic mass is 9.70. The molecule has 9 heteroatoms. The van der Waals surface area contributed by atoms with Crippen LogP contribution in [-0.4, -0.2) is 66.4 Å². The first-order valence-corrected chi connectivity index (χ1v) is 16.2. The van der Waals surface area contributed by atoms with Crippen LogP contribution in [0.5, 0.6) is 5.75 Å². The molecule has 0 radical (unpaired) electrons. The van der Waals surface area contributed by atoms with Crippen molar-refractivity contribution in [2.45, 2.75) is 76.2 Å². The smallest absolute Gasteiger partial charge is 0.343 e. The third kappa shape index (κ3) is 7.91. The molecule has 1 unspecified atom stereocenters. The highest BCUT2D eigenvalue weighted by molar-refractivity contribution is 6.30. The number of nitrogens with zero attached hydrogens (tertiary/aromatic N) is 2. The van der Waals surface area contributed by atoms with Gasteiger partial charge in [-0.3, -0.25) is 4.79 Å². The monoisotopic (exact) mass is 638 g/mol. The quantitative estimate of drug-likeness (QED) is 0.237. The van der Waals surface area contributed by atoms with Crippen LogP contribution in [0.25, 0.3) is 0 Å². The van der Waals surface area contributed by atoms with Crippen molar-refractivity contribution < 1.29 is 29.3 Å². The summed E-state index contributed by atoms with van der Waals surface area (Å²) in [6.07, 6.45) is 7.40. The van der Waals surface area contributed by atoms with Crippen molar-refractivity contribution in [2.75, 3.05) is 32.1 Å². The van der Waals surface area contributed by atoms with E-state index in [2.05, 4.69) is 18.1 Å². The maximum Gasteiger partial charge on any atom is 0.343 e. The van der Waals surface area contributed by atoms with E-state index in [1.54, 1.807) is 37.4 Å². The Morgan fingerprint density at radius 3 is 2.64 bits per heavy atom. The second-order valence-corrected chi connectivity index (χ2v) is 12.9. The molecule has 0 spiro atoms. The van der Waals surface area contributed by atoms with Gasteiger partial charge in [0.1, 0.15) is 12.4 Å². The number of hydrogen-bond acceptors (Lipinski definition) is 7. The molecule has 1 fully saturated rings. The van der Waals surface area contributed by atoms with Crippen molar-refractivity contribution in [3.8, 4) is 5.75 Å². The minimum atomic E-state index is -2.22. The van der Waals surface area contributed by atoms with E-state index in [0.29, 0.717) is 42.6 Å². The number of aliphatic hydroxyl groups is 2. The molecule has 0 saturated heterocycles. The van der Waals surface area contributed by atoms with Crippen LogP contribution in [0.1, 0.15) is 62.1 Å². The Morgan fingerprint density at radius 1 is 1.20 bits per heavy atom. The van der Waals surface area contributed by atoms with Crippen molar-refractivity contribution in [1.29, 1.82) is 0 Å². The maximum atomic E-state index is 13.4. The van der Waals surface area contributed by atoms with E-state index >= 15 is 0 Å². The minimum Gasteiger partial charge on any atom is -0.487 e. The first-order chi connectivity index (χ1) is 21.5. The van der Waals surface area contributed by atoms with Gasteiger partial charge in [-0.1, -0.05) is 35.9 Å². The molecule has 2 aromatic carbocycles. The number of fused-ring (bicyclic) bond motifs is 2. The van der Waals surface area contributed by atoms with Gasteiger partial charge in [0.25, 0.3) is 0 Å². The lowest BCUT2D eigenvalue weighted by Gasteiger charge is -2.42. The molecular weight excluding hydrogens is 592 g/mol. The molecule has 1 heterocycles. The Labute approximate surface area is 272 Å². The Bertz CT molecular complexity index is 1380. The van der Waals surface area contributed by atoms with Gasteiger partial charge in [0.2, 0.25) is 5.91 Å². The van der Waals surface area contributed by atoms with Crippen LogP contribution >= 0.6 is 11.6 Å². The molecule has 0 bridgehead atoms. The van der Waals surface area contributed by atoms with E-state index in [-0.39, 0.29) is 23.4 Å². The summed E-state index contributed by atoms with van der Waals surface area (Å²) in [4.78, 5) is 30.3. The van der Waals surface area contributed by atoms with Gasteiger partial charge in [-0.15, -0.1) is 13.2 Å². The number of aryl methyl sites for hydroxylation is 1. The second kappa shape index (κ2) is 15.3. The number of ether oxygens (including phenoxy) is 2. The fourth-order valence-electron chi connectivity index (χ4n) is 6.37. The molecule has 1 aliphatic carbocycles. The molecule has 0 aromatic heterocycles. The van der Waals surface area contributed by atoms with E-state index in [1.165, 1.54) is 12.0 Å². The number of methoxy groups -OCH3 is 1. The van der Waals surface area contributed by atoms with E-state index in [1.807, 2.05) is 25.1 Å². The molecule has 4 rings (SSSR count). The van der Waals surface area contributed by atoms with Gasteiger partial charge in [-0.25, -0.2) is 4.79 Å². The summed E-state index contributed by atoms with van der Waals surface area (Å²) in [5, 5.41) is 23.2. The predicted octanol–water partition coefficient (Wildman–Crippen LogP) is 5.81. The summed E-state index contributed by atoms with van der Waals surface area (Å²) in [7, 11) is 2.85. The summed E-state index contributed by atoms with van der Waals surface area (Å²) in [5.41, 5.74) is 0.937. The van der Waals surface area contributed by atoms with Crippen LogP contribution in [0, 0.1) is 11.8 Å². The number of carbonyl (C=O) groups is 2. The number of aliphatic hydroxyl groups excluding tert-OH is 1. The Balaban J connectivity index is 1.75. The van der Waals surface area contributed by atoms with Gasteiger partial charge in [-0.2, -0.15) is 0 Å². The number of amides is 1. The van der Waals surface area contributed by atoms with Crippen LogP contribution in [0.15, 0.2) is 61.7 Å². The normalized spacial score (nSPS) is 20.8. The van der Waals surface area contributed by atoms with Crippen LogP contribution in [0.3, 0.4) is 0 Å². The van der Waals surface area contributed by atoms with E-state index in [0.717, 1.165) is 43.2 Å². The summed E-state index contributed by atoms with van der Waals surface area (Å²) in [6.45, 7) is 11.1. The molecule has 1 aliphatic heterocycles. The second-order valence-electron chi connectivity index (χ2n) is 12.4. The number of benzene rings is 2. The molecule has 1 saturated carbocycles. The topological polar surface area (TPSA) is 99.5 Å². The summed E-state index contributed by atoms with van der Waals surface area (Å²) < 4.78 is 11.5. The molecule has 45 heavy (non-hydrogen) atoms. The highest BCUT2D eigenvalue weighted by atomic mass is 35.5. The number of carbonyl (C=O) groups excluding carboxylic acids is 2. The van der Waals surface area contributed by atoms with Crippen molar-refractivity contribution in [3.63, 3.8) is 0 Å². The lowest BCUT2D eigenvalue weighted by molar-refractivity contribution is -0.168. The van der Waals surface area contributed by atoms with Gasteiger partial charge < -0.3 is 29.5 Å². The van der Waals surface area contributed by atoms with Gasteiger partial charge >= 0.3 is 5.97 Å². The van der Waals surface area contributed by atoms with Crippen molar-refractivity contribution in [3.05, 3.63) is 83.4 Å². The van der Waals surface area contributed by atoms with Gasteiger partial charge in [0, 0.05) is 31.2 Å². The molecular formula is C36H47ClN2O6. The predicted molar refractivity (Wildman–Crippen MR) is 177 cm³/mol. The number of hydrogen-bond donors (Lipinski definition) is 2. The molecule has 2 N–H and O–H groups in total. The Morgan fingerprint density at radius 2 is 1.98 bits per heavy atom. The van der Waals surface area contributed by atoms with E-state index < -0.39 is 30.0 Å². The van der Waals surface area contributed by atoms with Crippen LogP contribution in [-0.2, 0) is 33.0 Å². The number of esters is 1. The maximum absolute atomic E-state index is 13.4. The molecule has 2 aromatic rings. The standard InChI is InChI=1S/C36H47ClN2O6/c1-6-10-24(3)38(4)34(41)21-36(43,35(42)44-5)28-14-17-33-31(20-28)39(22-26-13-16-30(26)32(40)7-2)18-9-8-11-25-19-29(37)15-12-27(25)23-45-33/h6-7,12,14-15,17,19-20,24,26,30,32,40,43H,1-2,8-11,13,16,18,21-23H2,3-5H3/t24-,26-,30+,32-,36?/m0/s1. The molecule has 1 amide bonds. The zero-order chi connectivity index (χ0) is 32.7. The first kappa shape index (κ1) is 34.5. The largest absolute Gasteiger partial charge is 0.487 e. The third-order valence-corrected chi connectivity index (χ3v) is 9.79. The number of rotatable bonds is 11. The van der Waals surface area contributed by atoms with E-state index in [4.69, 9.17) is 21.1 Å². The van der Waals surface area contributed by atoms with E-state index in [9.17, 15) is 19.8 Å². The number of halogens is 1. The highest BCUT2D eigenvalue weighted by Gasteiger charge is 2.43. The minimum absolute atomic E-state index is 0.109. The summed E-state index contributed by atoms with van der Waals surface area (Å²) in [5.74, 6) is -0.373. The summed E-state index contributed by atoms with van der Waals surface area (Å²) in [6, 6.07) is 10.8. The van der Waals surface area contributed by atoms with Crippen molar-refractivity contribution >= 4 is 29.2 Å². The van der Waals surface area contributed by atoms with Crippen LogP contribution < -0.4 is 9.64 Å². The third-order valence-electron chi connectivity index (χ3n) is 9.56. The van der Waals surface area contributed by atoms with Gasteiger partial charge in [0.15, 0.2) is 5.60 Å². The molecule has 8 nitrogen and oxygen atoms in total. The fourth-order valence-corrected chi connectivity index (χ4v) is 6.57. The van der Waals surface area contributed by atoms with Crippen LogP contribution in [0.2, 0.25) is 5.02 Å². The molecule has 2 aliphatic rings. The SMILES string of the molecule is C=CC[C@H](C)N(C)C(=O)CC(O)(C(=O)OC)c1ccc2c(c1)N(C[C@@H]1CC[C@H]1[C@@H](O)C=C)CCCCc1cc(Cl)ccc1CO2. The van der Waals surface area contributed by atoms with Gasteiger partial charge in [-0.05, 0) is 98.2 Å². The first-order valence-electron chi connectivity index (χ1n) is 15.8. The zero-order valence-corrected chi connectivity index (χ0v) is 27.5. The summed E-state index contributed by atoms with van der Waals surface area (Å²) >= 11 is 6.33. The fraction of sp³-hybridized carbons (Fsp3) is 0.500. The molecule has 244 valence electrons. The highest BCUT2D eigenvalue weighted by Crippen LogP contribution is 2.42. The number of anilines is 1. The average molecular weight is 639 g/mol. The van der Waals surface area contributed by atoms with Gasteiger partial charge in [0.05, 0.1) is 25.3 Å². The van der Waals surface area contributed by atoms with Crippen molar-refractivity contribution in [2.24, 2.45) is 11.8 Å². The average Bonchev–Trinajstić information content (AvgIpc) is 3.05. The van der Waals surface area contributed by atoms with Crippen molar-refractivity contribution in [1.82, 2.24) is 4.90 Å². The lowest BCUT2D eigenvalue weighted by Crippen LogP contribution is -2.45. The Kier molecular flexibility index (Phi) is 11.7. The zero-order valence-electron chi connectivity index (χ0n) is 26.7. The molecule has 5 atom stereocenters.